The number of carbonyl (C=O) groups is 1. The molecular weight excluding hydrogens is 235 g/mol. The molecule has 0 aliphatic carbocycles. The van der Waals surface area contributed by atoms with E-state index in [0.717, 1.165) is 11.3 Å². The van der Waals surface area contributed by atoms with Gasteiger partial charge in [-0.15, -0.1) is 0 Å². The Balaban J connectivity index is 4.29. The standard InChI is InChI=1S/C11H20F3NO2/c1-3-4-7-15(8-11(12,13)14)10(17)6-5-9(2)16/h9,16H,3-8H2,1-2H3. The van der Waals surface area contributed by atoms with Crippen LogP contribution < -0.4 is 0 Å². The number of hydrogen-bond donors (Lipinski definition) is 1. The third-order valence-corrected chi connectivity index (χ3v) is 2.28. The number of hydrogen-bond acceptors (Lipinski definition) is 2. The van der Waals surface area contributed by atoms with E-state index < -0.39 is 24.7 Å². The SMILES string of the molecule is CCCCN(CC(F)(F)F)C(=O)CCC(C)O. The molecule has 0 aliphatic heterocycles. The summed E-state index contributed by atoms with van der Waals surface area (Å²) in [5.74, 6) is -0.545. The zero-order valence-corrected chi connectivity index (χ0v) is 10.3. The minimum absolute atomic E-state index is 0.0442. The fourth-order valence-corrected chi connectivity index (χ4v) is 1.35. The first-order valence-electron chi connectivity index (χ1n) is 5.79. The molecule has 0 aromatic rings. The van der Waals surface area contributed by atoms with E-state index in [-0.39, 0.29) is 19.4 Å². The van der Waals surface area contributed by atoms with Crippen molar-refractivity contribution in [1.82, 2.24) is 4.90 Å². The van der Waals surface area contributed by atoms with Crippen molar-refractivity contribution in [2.24, 2.45) is 0 Å². The highest BCUT2D eigenvalue weighted by atomic mass is 19.4. The summed E-state index contributed by atoms with van der Waals surface area (Å²) >= 11 is 0. The minimum atomic E-state index is -4.37. The fourth-order valence-electron chi connectivity index (χ4n) is 1.35. The summed E-state index contributed by atoms with van der Waals surface area (Å²) in [4.78, 5) is 12.4. The monoisotopic (exact) mass is 255 g/mol. The smallest absolute Gasteiger partial charge is 0.393 e. The normalized spacial score (nSPS) is 13.5. The second-order valence-corrected chi connectivity index (χ2v) is 4.17. The van der Waals surface area contributed by atoms with Gasteiger partial charge in [0.05, 0.1) is 6.10 Å². The molecule has 0 aromatic heterocycles. The van der Waals surface area contributed by atoms with Gasteiger partial charge >= 0.3 is 6.18 Å². The molecule has 1 amide bonds. The quantitative estimate of drug-likeness (QED) is 0.758. The van der Waals surface area contributed by atoms with Crippen molar-refractivity contribution in [2.75, 3.05) is 13.1 Å². The van der Waals surface area contributed by atoms with Gasteiger partial charge in [0.15, 0.2) is 0 Å². The Labute approximate surface area is 99.6 Å². The molecule has 0 rings (SSSR count). The summed E-state index contributed by atoms with van der Waals surface area (Å²) in [6.07, 6.45) is -3.60. The highest BCUT2D eigenvalue weighted by molar-refractivity contribution is 5.76. The maximum Gasteiger partial charge on any atom is 0.406 e. The zero-order chi connectivity index (χ0) is 13.5. The molecule has 0 heterocycles. The second kappa shape index (κ2) is 7.53. The van der Waals surface area contributed by atoms with Crippen LogP contribution in [0.4, 0.5) is 13.2 Å². The molecule has 1 N–H and O–H groups in total. The van der Waals surface area contributed by atoms with Crippen LogP contribution >= 0.6 is 0 Å². The van der Waals surface area contributed by atoms with Gasteiger partial charge in [0.1, 0.15) is 6.54 Å². The number of alkyl halides is 3. The molecule has 0 radical (unpaired) electrons. The maximum atomic E-state index is 12.2. The average molecular weight is 255 g/mol. The van der Waals surface area contributed by atoms with Crippen molar-refractivity contribution in [1.29, 1.82) is 0 Å². The minimum Gasteiger partial charge on any atom is -0.393 e. The summed E-state index contributed by atoms with van der Waals surface area (Å²) in [7, 11) is 0. The molecule has 0 fully saturated rings. The molecule has 6 heteroatoms. The van der Waals surface area contributed by atoms with E-state index in [1.54, 1.807) is 0 Å². The Hall–Kier alpha value is -0.780. The van der Waals surface area contributed by atoms with Gasteiger partial charge in [-0.05, 0) is 19.8 Å². The molecule has 3 nitrogen and oxygen atoms in total. The van der Waals surface area contributed by atoms with Crippen LogP contribution in [-0.2, 0) is 4.79 Å². The Bertz CT molecular complexity index is 229. The van der Waals surface area contributed by atoms with Gasteiger partial charge in [-0.25, -0.2) is 0 Å². The third kappa shape index (κ3) is 8.97. The van der Waals surface area contributed by atoms with Gasteiger partial charge < -0.3 is 10.0 Å². The van der Waals surface area contributed by atoms with E-state index in [0.29, 0.717) is 6.42 Å². The van der Waals surface area contributed by atoms with Gasteiger partial charge in [-0.3, -0.25) is 4.79 Å². The zero-order valence-electron chi connectivity index (χ0n) is 10.3. The fraction of sp³-hybridized carbons (Fsp3) is 0.909. The number of aliphatic hydroxyl groups is 1. The lowest BCUT2D eigenvalue weighted by atomic mass is 10.2. The van der Waals surface area contributed by atoms with Gasteiger partial charge in [0, 0.05) is 13.0 Å². The second-order valence-electron chi connectivity index (χ2n) is 4.17. The lowest BCUT2D eigenvalue weighted by molar-refractivity contribution is -0.161. The number of carbonyl (C=O) groups excluding carboxylic acids is 1. The first-order valence-corrected chi connectivity index (χ1v) is 5.79. The predicted octanol–water partition coefficient (Wildman–Crippen LogP) is 2.34. The number of rotatable bonds is 7. The van der Waals surface area contributed by atoms with Crippen molar-refractivity contribution < 1.29 is 23.1 Å². The largest absolute Gasteiger partial charge is 0.406 e. The molecule has 0 saturated carbocycles. The average Bonchev–Trinajstić information content (AvgIpc) is 2.19. The Kier molecular flexibility index (Phi) is 7.18. The summed E-state index contributed by atoms with van der Waals surface area (Å²) in [5.41, 5.74) is 0. The molecule has 0 spiro atoms. The van der Waals surface area contributed by atoms with E-state index in [2.05, 4.69) is 0 Å². The lowest BCUT2D eigenvalue weighted by Crippen LogP contribution is -2.39. The summed E-state index contributed by atoms with van der Waals surface area (Å²) in [6.45, 7) is 2.28. The van der Waals surface area contributed by atoms with Crippen LogP contribution in [-0.4, -0.2) is 41.3 Å². The van der Waals surface area contributed by atoms with E-state index in [1.807, 2.05) is 6.92 Å². The highest BCUT2D eigenvalue weighted by Gasteiger charge is 2.32. The van der Waals surface area contributed by atoms with Gasteiger partial charge in [0.2, 0.25) is 5.91 Å². The number of halogens is 3. The van der Waals surface area contributed by atoms with Crippen molar-refractivity contribution in [2.45, 2.75) is 51.8 Å². The van der Waals surface area contributed by atoms with E-state index in [4.69, 9.17) is 5.11 Å². The van der Waals surface area contributed by atoms with Crippen LogP contribution in [0.1, 0.15) is 39.5 Å². The Morgan fingerprint density at radius 1 is 1.41 bits per heavy atom. The molecule has 102 valence electrons. The summed E-state index contributed by atoms with van der Waals surface area (Å²) < 4.78 is 36.7. The maximum absolute atomic E-state index is 12.2. The van der Waals surface area contributed by atoms with Crippen LogP contribution in [0.25, 0.3) is 0 Å². The van der Waals surface area contributed by atoms with Crippen LogP contribution in [0.2, 0.25) is 0 Å². The van der Waals surface area contributed by atoms with Gasteiger partial charge in [-0.2, -0.15) is 13.2 Å². The predicted molar refractivity (Wildman–Crippen MR) is 58.5 cm³/mol. The van der Waals surface area contributed by atoms with Gasteiger partial charge in [-0.1, -0.05) is 13.3 Å². The van der Waals surface area contributed by atoms with Crippen molar-refractivity contribution in [3.63, 3.8) is 0 Å². The number of nitrogens with zero attached hydrogens (tertiary/aromatic N) is 1. The molecular formula is C11H20F3NO2. The molecule has 0 aromatic carbocycles. The molecule has 0 saturated heterocycles. The van der Waals surface area contributed by atoms with Crippen molar-refractivity contribution >= 4 is 5.91 Å². The molecule has 17 heavy (non-hydrogen) atoms. The third-order valence-electron chi connectivity index (χ3n) is 2.28. The molecule has 1 atom stereocenters. The number of unbranched alkanes of at least 4 members (excludes halogenated alkanes) is 1. The van der Waals surface area contributed by atoms with Crippen molar-refractivity contribution in [3.8, 4) is 0 Å². The first kappa shape index (κ1) is 16.2. The number of amides is 1. The Morgan fingerprint density at radius 3 is 2.41 bits per heavy atom. The summed E-state index contributed by atoms with van der Waals surface area (Å²) in [5, 5.41) is 9.00. The summed E-state index contributed by atoms with van der Waals surface area (Å²) in [6, 6.07) is 0. The first-order chi connectivity index (χ1) is 7.76. The van der Waals surface area contributed by atoms with E-state index >= 15 is 0 Å². The molecule has 0 bridgehead atoms. The van der Waals surface area contributed by atoms with Gasteiger partial charge in [0.25, 0.3) is 0 Å². The topological polar surface area (TPSA) is 40.5 Å². The van der Waals surface area contributed by atoms with Crippen LogP contribution in [0, 0.1) is 0 Å². The Morgan fingerprint density at radius 2 is 2.00 bits per heavy atom. The molecule has 1 unspecified atom stereocenters. The van der Waals surface area contributed by atoms with E-state index in [1.165, 1.54) is 6.92 Å². The van der Waals surface area contributed by atoms with Crippen LogP contribution in [0.5, 0.6) is 0 Å². The number of aliphatic hydroxyl groups excluding tert-OH is 1. The van der Waals surface area contributed by atoms with E-state index in [9.17, 15) is 18.0 Å². The van der Waals surface area contributed by atoms with Crippen LogP contribution in [0.15, 0.2) is 0 Å². The molecule has 0 aliphatic rings. The highest BCUT2D eigenvalue weighted by Crippen LogP contribution is 2.18. The van der Waals surface area contributed by atoms with Crippen molar-refractivity contribution in [3.05, 3.63) is 0 Å². The lowest BCUT2D eigenvalue weighted by Gasteiger charge is -2.24. The van der Waals surface area contributed by atoms with Crippen LogP contribution in [0.3, 0.4) is 0 Å².